The van der Waals surface area contributed by atoms with Gasteiger partial charge in [0.15, 0.2) is 0 Å². The molecular weight excluding hydrogens is 319 g/mol. The first-order valence-corrected chi connectivity index (χ1v) is 7.60. The van der Waals surface area contributed by atoms with Crippen molar-refractivity contribution >= 4 is 23.2 Å². The highest BCUT2D eigenvalue weighted by molar-refractivity contribution is 6.42. The van der Waals surface area contributed by atoms with Gasteiger partial charge in [-0.2, -0.15) is 0 Å². The Morgan fingerprint density at radius 2 is 1.82 bits per heavy atom. The van der Waals surface area contributed by atoms with Crippen molar-refractivity contribution in [3.05, 3.63) is 81.9 Å². The predicted molar refractivity (Wildman–Crippen MR) is 88.7 cm³/mol. The van der Waals surface area contributed by atoms with Crippen LogP contribution in [0.4, 0.5) is 0 Å². The summed E-state index contributed by atoms with van der Waals surface area (Å²) in [6.45, 7) is 0.688. The molecule has 112 valence electrons. The first kappa shape index (κ1) is 14.9. The van der Waals surface area contributed by atoms with Gasteiger partial charge in [-0.1, -0.05) is 47.5 Å². The maximum atomic E-state index is 9.34. The Hall–Kier alpha value is -1.97. The van der Waals surface area contributed by atoms with Crippen LogP contribution in [0.3, 0.4) is 0 Å². The van der Waals surface area contributed by atoms with Gasteiger partial charge in [-0.05, 0) is 29.3 Å². The van der Waals surface area contributed by atoms with Crippen molar-refractivity contribution in [3.63, 3.8) is 0 Å². The van der Waals surface area contributed by atoms with Crippen molar-refractivity contribution in [1.29, 1.82) is 0 Å². The molecule has 0 atom stereocenters. The summed E-state index contributed by atoms with van der Waals surface area (Å²) in [6, 6.07) is 12.8. The standard InChI is InChI=1S/C17H14Cl2N2O/c18-15-3-1-2-13(17(15)19)10-16-20-8-9-21(16)11-12-4-6-14(22)7-5-12/h1-9,22H,10-11H2. The Bertz CT molecular complexity index is 782. The zero-order chi connectivity index (χ0) is 15.5. The molecule has 0 radical (unpaired) electrons. The third kappa shape index (κ3) is 3.26. The minimum atomic E-state index is 0.264. The van der Waals surface area contributed by atoms with Crippen LogP contribution < -0.4 is 0 Å². The number of phenolic OH excluding ortho intramolecular Hbond substituents is 1. The second-order valence-electron chi connectivity index (χ2n) is 5.03. The van der Waals surface area contributed by atoms with E-state index in [0.29, 0.717) is 23.0 Å². The normalized spacial score (nSPS) is 10.8. The number of phenols is 1. The molecule has 3 nitrogen and oxygen atoms in total. The Morgan fingerprint density at radius 3 is 2.59 bits per heavy atom. The summed E-state index contributed by atoms with van der Waals surface area (Å²) in [5, 5.41) is 10.5. The molecule has 0 unspecified atom stereocenters. The molecule has 2 aromatic carbocycles. The first-order chi connectivity index (χ1) is 10.6. The molecule has 0 saturated carbocycles. The van der Waals surface area contributed by atoms with Gasteiger partial charge in [0.2, 0.25) is 0 Å². The molecule has 0 aliphatic heterocycles. The molecule has 0 fully saturated rings. The minimum absolute atomic E-state index is 0.264. The molecule has 0 bridgehead atoms. The Balaban J connectivity index is 1.83. The Morgan fingerprint density at radius 1 is 1.05 bits per heavy atom. The van der Waals surface area contributed by atoms with Gasteiger partial charge in [-0.15, -0.1) is 0 Å². The highest BCUT2D eigenvalue weighted by Gasteiger charge is 2.09. The number of aromatic nitrogens is 2. The molecule has 3 aromatic rings. The summed E-state index contributed by atoms with van der Waals surface area (Å²) in [5.41, 5.74) is 2.04. The average molecular weight is 333 g/mol. The van der Waals surface area contributed by atoms with E-state index in [4.69, 9.17) is 23.2 Å². The van der Waals surface area contributed by atoms with E-state index in [1.807, 2.05) is 30.5 Å². The van der Waals surface area contributed by atoms with Crippen LogP contribution in [0.1, 0.15) is 17.0 Å². The van der Waals surface area contributed by atoms with Gasteiger partial charge in [-0.25, -0.2) is 4.98 Å². The number of nitrogens with zero attached hydrogens (tertiary/aromatic N) is 2. The lowest BCUT2D eigenvalue weighted by molar-refractivity contribution is 0.475. The molecule has 1 N–H and O–H groups in total. The molecule has 0 spiro atoms. The molecule has 22 heavy (non-hydrogen) atoms. The minimum Gasteiger partial charge on any atom is -0.508 e. The van der Waals surface area contributed by atoms with Crippen LogP contribution in [-0.4, -0.2) is 14.7 Å². The summed E-state index contributed by atoms with van der Waals surface area (Å²) in [5.74, 6) is 1.18. The van der Waals surface area contributed by atoms with E-state index in [9.17, 15) is 5.11 Å². The Labute approximate surface area is 138 Å². The van der Waals surface area contributed by atoms with E-state index in [1.54, 1.807) is 24.4 Å². The third-order valence-electron chi connectivity index (χ3n) is 3.47. The van der Waals surface area contributed by atoms with Crippen molar-refractivity contribution in [2.24, 2.45) is 0 Å². The van der Waals surface area contributed by atoms with Crippen LogP contribution in [0, 0.1) is 0 Å². The lowest BCUT2D eigenvalue weighted by Crippen LogP contribution is -2.05. The van der Waals surface area contributed by atoms with Gasteiger partial charge in [0.1, 0.15) is 11.6 Å². The second-order valence-corrected chi connectivity index (χ2v) is 5.81. The highest BCUT2D eigenvalue weighted by atomic mass is 35.5. The first-order valence-electron chi connectivity index (χ1n) is 6.84. The molecule has 1 heterocycles. The second kappa shape index (κ2) is 6.42. The van der Waals surface area contributed by atoms with Crippen molar-refractivity contribution in [3.8, 4) is 5.75 Å². The highest BCUT2D eigenvalue weighted by Crippen LogP contribution is 2.27. The molecule has 0 aliphatic carbocycles. The number of hydrogen-bond donors (Lipinski definition) is 1. The molecule has 1 aromatic heterocycles. The maximum Gasteiger partial charge on any atom is 0.115 e. The van der Waals surface area contributed by atoms with Crippen LogP contribution in [-0.2, 0) is 13.0 Å². The van der Waals surface area contributed by atoms with Crippen LogP contribution in [0.2, 0.25) is 10.0 Å². The number of aromatic hydroxyl groups is 1. The van der Waals surface area contributed by atoms with Gasteiger partial charge in [0.05, 0.1) is 10.0 Å². The lowest BCUT2D eigenvalue weighted by atomic mass is 10.1. The monoisotopic (exact) mass is 332 g/mol. The lowest BCUT2D eigenvalue weighted by Gasteiger charge is -2.10. The topological polar surface area (TPSA) is 38.0 Å². The Kier molecular flexibility index (Phi) is 4.36. The fourth-order valence-electron chi connectivity index (χ4n) is 2.30. The smallest absolute Gasteiger partial charge is 0.115 e. The number of rotatable bonds is 4. The fraction of sp³-hybridized carbons (Fsp3) is 0.118. The fourth-order valence-corrected chi connectivity index (χ4v) is 2.69. The SMILES string of the molecule is Oc1ccc(Cn2ccnc2Cc2cccc(Cl)c2Cl)cc1. The van der Waals surface area contributed by atoms with Gasteiger partial charge in [-0.3, -0.25) is 0 Å². The quantitative estimate of drug-likeness (QED) is 0.761. The van der Waals surface area contributed by atoms with Crippen LogP contribution in [0.5, 0.6) is 5.75 Å². The van der Waals surface area contributed by atoms with Crippen molar-refractivity contribution < 1.29 is 5.11 Å². The van der Waals surface area contributed by atoms with Gasteiger partial charge in [0.25, 0.3) is 0 Å². The van der Waals surface area contributed by atoms with Crippen LogP contribution >= 0.6 is 23.2 Å². The van der Waals surface area contributed by atoms with Crippen LogP contribution in [0.15, 0.2) is 54.9 Å². The summed E-state index contributed by atoms with van der Waals surface area (Å²) >= 11 is 12.3. The van der Waals surface area contributed by atoms with Crippen LogP contribution in [0.25, 0.3) is 0 Å². The van der Waals surface area contributed by atoms with Crippen molar-refractivity contribution in [2.75, 3.05) is 0 Å². The summed E-state index contributed by atoms with van der Waals surface area (Å²) in [4.78, 5) is 4.41. The summed E-state index contributed by atoms with van der Waals surface area (Å²) in [6.07, 6.45) is 4.32. The van der Waals surface area contributed by atoms with Crippen molar-refractivity contribution in [1.82, 2.24) is 9.55 Å². The van der Waals surface area contributed by atoms with E-state index in [1.165, 1.54) is 0 Å². The van der Waals surface area contributed by atoms with E-state index in [2.05, 4.69) is 9.55 Å². The van der Waals surface area contributed by atoms with Gasteiger partial charge < -0.3 is 9.67 Å². The molecule has 0 amide bonds. The molecule has 0 aliphatic rings. The van der Waals surface area contributed by atoms with E-state index < -0.39 is 0 Å². The van der Waals surface area contributed by atoms with Crippen molar-refractivity contribution in [2.45, 2.75) is 13.0 Å². The average Bonchev–Trinajstić information content (AvgIpc) is 2.93. The number of benzene rings is 2. The summed E-state index contributed by atoms with van der Waals surface area (Å²) in [7, 11) is 0. The van der Waals surface area contributed by atoms with E-state index in [-0.39, 0.29) is 5.75 Å². The third-order valence-corrected chi connectivity index (χ3v) is 4.33. The zero-order valence-corrected chi connectivity index (χ0v) is 13.2. The maximum absolute atomic E-state index is 9.34. The largest absolute Gasteiger partial charge is 0.508 e. The molecule has 5 heteroatoms. The number of imidazole rings is 1. The van der Waals surface area contributed by atoms with E-state index in [0.717, 1.165) is 17.0 Å². The summed E-state index contributed by atoms with van der Waals surface area (Å²) < 4.78 is 2.06. The number of hydrogen-bond acceptors (Lipinski definition) is 2. The van der Waals surface area contributed by atoms with Gasteiger partial charge in [0, 0.05) is 25.4 Å². The predicted octanol–water partition coefficient (Wildman–Crippen LogP) is 4.53. The molecular formula is C17H14Cl2N2O. The molecule has 0 saturated heterocycles. The molecule has 3 rings (SSSR count). The number of halogens is 2. The van der Waals surface area contributed by atoms with E-state index >= 15 is 0 Å². The van der Waals surface area contributed by atoms with Gasteiger partial charge >= 0.3 is 0 Å². The zero-order valence-electron chi connectivity index (χ0n) is 11.7.